The molecule has 27 heavy (non-hydrogen) atoms. The predicted octanol–water partition coefficient (Wildman–Crippen LogP) is 4.34. The molecule has 0 atom stereocenters. The highest BCUT2D eigenvalue weighted by molar-refractivity contribution is 6.01. The van der Waals surface area contributed by atoms with Gasteiger partial charge >= 0.3 is 6.03 Å². The minimum absolute atomic E-state index is 0.111. The van der Waals surface area contributed by atoms with Crippen LogP contribution in [0.25, 0.3) is 0 Å². The molecule has 1 aliphatic carbocycles. The summed E-state index contributed by atoms with van der Waals surface area (Å²) in [5.41, 5.74) is 2.70. The van der Waals surface area contributed by atoms with E-state index in [0.717, 1.165) is 42.6 Å². The summed E-state index contributed by atoms with van der Waals surface area (Å²) in [5.74, 6) is 0.246. The van der Waals surface area contributed by atoms with Gasteiger partial charge in [-0.25, -0.2) is 4.79 Å². The molecule has 1 saturated carbocycles. The molecule has 5 heteroatoms. The van der Waals surface area contributed by atoms with Crippen LogP contribution < -0.4 is 15.5 Å². The van der Waals surface area contributed by atoms with E-state index in [1.54, 1.807) is 4.90 Å². The van der Waals surface area contributed by atoms with E-state index in [9.17, 15) is 9.59 Å². The van der Waals surface area contributed by atoms with E-state index in [4.69, 9.17) is 0 Å². The van der Waals surface area contributed by atoms with Crippen molar-refractivity contribution in [3.63, 3.8) is 0 Å². The van der Waals surface area contributed by atoms with E-state index < -0.39 is 0 Å². The fraction of sp³-hybridized carbons (Fsp3) is 0.364. The lowest BCUT2D eigenvalue weighted by atomic mass is 10.1. The van der Waals surface area contributed by atoms with Crippen LogP contribution in [-0.4, -0.2) is 25.0 Å². The first-order valence-electron chi connectivity index (χ1n) is 9.61. The van der Waals surface area contributed by atoms with Crippen molar-refractivity contribution in [3.05, 3.63) is 60.2 Å². The first-order chi connectivity index (χ1) is 13.1. The summed E-state index contributed by atoms with van der Waals surface area (Å²) in [6.07, 6.45) is 4.21. The van der Waals surface area contributed by atoms with Crippen molar-refractivity contribution >= 4 is 23.3 Å². The highest BCUT2D eigenvalue weighted by Gasteiger charge is 2.23. The van der Waals surface area contributed by atoms with Gasteiger partial charge in [0, 0.05) is 30.4 Å². The Morgan fingerprint density at radius 1 is 1.00 bits per heavy atom. The number of rotatable bonds is 6. The number of para-hydroxylation sites is 1. The molecule has 0 heterocycles. The molecule has 0 radical (unpaired) electrons. The molecule has 142 valence electrons. The van der Waals surface area contributed by atoms with Gasteiger partial charge in [0.2, 0.25) is 5.91 Å². The largest absolute Gasteiger partial charge is 0.354 e. The van der Waals surface area contributed by atoms with Crippen LogP contribution in [0.5, 0.6) is 0 Å². The maximum atomic E-state index is 12.8. The summed E-state index contributed by atoms with van der Waals surface area (Å²) < 4.78 is 0. The lowest BCUT2D eigenvalue weighted by molar-refractivity contribution is -0.124. The Morgan fingerprint density at radius 2 is 1.67 bits per heavy atom. The molecule has 1 aliphatic rings. The normalized spacial score (nSPS) is 14.0. The summed E-state index contributed by atoms with van der Waals surface area (Å²) in [7, 11) is 0. The molecule has 0 saturated heterocycles. The van der Waals surface area contributed by atoms with Gasteiger partial charge in [0.15, 0.2) is 0 Å². The smallest absolute Gasteiger partial charge is 0.326 e. The summed E-state index contributed by atoms with van der Waals surface area (Å²) in [6, 6.07) is 17.0. The van der Waals surface area contributed by atoms with E-state index in [1.807, 2.05) is 61.5 Å². The minimum Gasteiger partial charge on any atom is -0.354 e. The maximum absolute atomic E-state index is 12.8. The van der Waals surface area contributed by atoms with Crippen LogP contribution in [0.3, 0.4) is 0 Å². The van der Waals surface area contributed by atoms with Gasteiger partial charge in [0.1, 0.15) is 0 Å². The van der Waals surface area contributed by atoms with Crippen LogP contribution >= 0.6 is 0 Å². The zero-order valence-electron chi connectivity index (χ0n) is 15.8. The van der Waals surface area contributed by atoms with Gasteiger partial charge in [-0.3, -0.25) is 9.69 Å². The molecule has 1 fully saturated rings. The van der Waals surface area contributed by atoms with Crippen molar-refractivity contribution in [1.29, 1.82) is 0 Å². The Kier molecular flexibility index (Phi) is 6.47. The third kappa shape index (κ3) is 5.33. The fourth-order valence-corrected chi connectivity index (χ4v) is 3.41. The monoisotopic (exact) mass is 365 g/mol. The van der Waals surface area contributed by atoms with Crippen molar-refractivity contribution in [1.82, 2.24) is 5.32 Å². The molecule has 0 unspecified atom stereocenters. The van der Waals surface area contributed by atoms with Crippen LogP contribution in [0, 0.1) is 12.8 Å². The number of hydrogen-bond acceptors (Lipinski definition) is 2. The molecular weight excluding hydrogens is 338 g/mol. The number of urea groups is 1. The Hall–Kier alpha value is -2.82. The second-order valence-corrected chi connectivity index (χ2v) is 7.06. The molecule has 3 rings (SSSR count). The highest BCUT2D eigenvalue weighted by Crippen LogP contribution is 2.24. The number of anilines is 2. The van der Waals surface area contributed by atoms with Crippen molar-refractivity contribution < 1.29 is 9.59 Å². The number of carbonyl (C=O) groups excluding carboxylic acids is 2. The number of amides is 3. The molecule has 2 N–H and O–H groups in total. The molecule has 5 nitrogen and oxygen atoms in total. The number of aryl methyl sites for hydroxylation is 1. The van der Waals surface area contributed by atoms with Crippen LogP contribution in [0.4, 0.5) is 16.2 Å². The molecule has 2 aromatic carbocycles. The number of carbonyl (C=O) groups is 2. The van der Waals surface area contributed by atoms with E-state index in [1.165, 1.54) is 0 Å². The number of nitrogens with one attached hydrogen (secondary N) is 2. The number of hydrogen-bond donors (Lipinski definition) is 2. The van der Waals surface area contributed by atoms with Crippen LogP contribution in [0.1, 0.15) is 31.2 Å². The third-order valence-corrected chi connectivity index (χ3v) is 4.98. The Balaban J connectivity index is 1.62. The van der Waals surface area contributed by atoms with E-state index >= 15 is 0 Å². The zero-order valence-corrected chi connectivity index (χ0v) is 15.8. The topological polar surface area (TPSA) is 61.4 Å². The van der Waals surface area contributed by atoms with Gasteiger partial charge in [0.05, 0.1) is 0 Å². The highest BCUT2D eigenvalue weighted by atomic mass is 16.2. The molecule has 2 aromatic rings. The van der Waals surface area contributed by atoms with Gasteiger partial charge < -0.3 is 10.6 Å². The first-order valence-corrected chi connectivity index (χ1v) is 9.61. The third-order valence-electron chi connectivity index (χ3n) is 4.98. The maximum Gasteiger partial charge on any atom is 0.326 e. The van der Waals surface area contributed by atoms with Crippen LogP contribution in [-0.2, 0) is 4.79 Å². The van der Waals surface area contributed by atoms with E-state index in [0.29, 0.717) is 13.1 Å². The molecule has 0 aliphatic heterocycles. The number of benzene rings is 2. The van der Waals surface area contributed by atoms with Gasteiger partial charge in [-0.1, -0.05) is 48.7 Å². The van der Waals surface area contributed by atoms with Crippen molar-refractivity contribution in [2.45, 2.75) is 32.6 Å². The molecule has 0 bridgehead atoms. The number of nitrogens with zero attached hydrogens (tertiary/aromatic N) is 1. The zero-order chi connectivity index (χ0) is 19.1. The average molecular weight is 365 g/mol. The van der Waals surface area contributed by atoms with Gasteiger partial charge in [-0.15, -0.1) is 0 Å². The van der Waals surface area contributed by atoms with E-state index in [2.05, 4.69) is 10.6 Å². The standard InChI is InChI=1S/C22H27N3O2/c1-17-11-13-19(14-12-17)24-22(27)25(20-9-3-2-4-10-20)16-15-23-21(26)18-7-5-6-8-18/h2-4,9-14,18H,5-8,15-16H2,1H3,(H,23,26)(H,24,27). The second-order valence-electron chi connectivity index (χ2n) is 7.06. The lowest BCUT2D eigenvalue weighted by Gasteiger charge is -2.24. The predicted molar refractivity (Wildman–Crippen MR) is 109 cm³/mol. The second kappa shape index (κ2) is 9.21. The Labute approximate surface area is 160 Å². The minimum atomic E-state index is -0.208. The van der Waals surface area contributed by atoms with Gasteiger partial charge in [-0.05, 0) is 44.0 Å². The summed E-state index contributed by atoms with van der Waals surface area (Å²) in [4.78, 5) is 26.7. The summed E-state index contributed by atoms with van der Waals surface area (Å²) >= 11 is 0. The van der Waals surface area contributed by atoms with Crippen molar-refractivity contribution in [2.24, 2.45) is 5.92 Å². The molecular formula is C22H27N3O2. The van der Waals surface area contributed by atoms with Crippen LogP contribution in [0.15, 0.2) is 54.6 Å². The lowest BCUT2D eigenvalue weighted by Crippen LogP contribution is -2.42. The van der Waals surface area contributed by atoms with E-state index in [-0.39, 0.29) is 17.9 Å². The fourth-order valence-electron chi connectivity index (χ4n) is 3.41. The molecule has 0 spiro atoms. The Morgan fingerprint density at radius 3 is 2.33 bits per heavy atom. The summed E-state index contributed by atoms with van der Waals surface area (Å²) in [6.45, 7) is 2.86. The first kappa shape index (κ1) is 19.0. The average Bonchev–Trinajstić information content (AvgIpc) is 3.22. The van der Waals surface area contributed by atoms with Crippen molar-refractivity contribution in [3.8, 4) is 0 Å². The SMILES string of the molecule is Cc1ccc(NC(=O)N(CCNC(=O)C2CCCC2)c2ccccc2)cc1. The van der Waals surface area contributed by atoms with Gasteiger partial charge in [0.25, 0.3) is 0 Å². The van der Waals surface area contributed by atoms with Gasteiger partial charge in [-0.2, -0.15) is 0 Å². The summed E-state index contributed by atoms with van der Waals surface area (Å²) in [5, 5.41) is 5.93. The van der Waals surface area contributed by atoms with Crippen LogP contribution in [0.2, 0.25) is 0 Å². The quantitative estimate of drug-likeness (QED) is 0.800. The molecule has 0 aromatic heterocycles. The molecule has 3 amide bonds. The van der Waals surface area contributed by atoms with Crippen molar-refractivity contribution in [2.75, 3.05) is 23.3 Å². The Bertz CT molecular complexity index is 753.